The summed E-state index contributed by atoms with van der Waals surface area (Å²) in [5.74, 6) is 0. The molecule has 3 aliphatic rings. The first kappa shape index (κ1) is 15.2. The molecule has 0 amide bonds. The molecule has 2 saturated heterocycles. The molecule has 1 unspecified atom stereocenters. The van der Waals surface area contributed by atoms with Gasteiger partial charge < -0.3 is 15.5 Å². The molecule has 0 radical (unpaired) electrons. The number of fused-ring (bicyclic) bond motifs is 1. The quantitative estimate of drug-likeness (QED) is 0.899. The van der Waals surface area contributed by atoms with E-state index < -0.39 is 0 Å². The van der Waals surface area contributed by atoms with Crippen molar-refractivity contribution in [1.29, 1.82) is 0 Å². The summed E-state index contributed by atoms with van der Waals surface area (Å²) in [5.41, 5.74) is 6.08. The van der Waals surface area contributed by atoms with Crippen LogP contribution < -0.4 is 10.6 Å². The molecule has 2 fully saturated rings. The fourth-order valence-corrected chi connectivity index (χ4v) is 4.79. The van der Waals surface area contributed by atoms with E-state index in [1.54, 1.807) is 0 Å². The van der Waals surface area contributed by atoms with Crippen molar-refractivity contribution >= 4 is 5.70 Å². The maximum absolute atomic E-state index is 4.45. The maximum atomic E-state index is 4.45. The van der Waals surface area contributed by atoms with Gasteiger partial charge in [0.2, 0.25) is 0 Å². The largest absolute Gasteiger partial charge is 0.371 e. The van der Waals surface area contributed by atoms with Crippen LogP contribution in [-0.4, -0.2) is 38.1 Å². The Kier molecular flexibility index (Phi) is 3.94. The van der Waals surface area contributed by atoms with Gasteiger partial charge in [0.05, 0.1) is 0 Å². The van der Waals surface area contributed by atoms with E-state index in [9.17, 15) is 0 Å². The Bertz CT molecular complexity index is 601. The van der Waals surface area contributed by atoms with Crippen molar-refractivity contribution in [1.82, 2.24) is 15.5 Å². The maximum Gasteiger partial charge on any atom is 0.0367 e. The standard InChI is InChI=1S/C20H29N3/c1-15(23-12-9-20(14-23)7-10-22-11-8-20)17-4-3-16-5-6-19(21-2)18(16)13-17/h3-4,13,19,21-22H,1,5-12,14H2,2H3. The van der Waals surface area contributed by atoms with Gasteiger partial charge in [-0.1, -0.05) is 18.7 Å². The van der Waals surface area contributed by atoms with Crippen LogP contribution >= 0.6 is 0 Å². The summed E-state index contributed by atoms with van der Waals surface area (Å²) >= 11 is 0. The summed E-state index contributed by atoms with van der Waals surface area (Å²) in [6, 6.07) is 7.52. The average molecular weight is 311 g/mol. The normalized spacial score (nSPS) is 25.8. The molecule has 23 heavy (non-hydrogen) atoms. The lowest BCUT2D eigenvalue weighted by Gasteiger charge is -2.34. The highest BCUT2D eigenvalue weighted by atomic mass is 15.2. The zero-order valence-electron chi connectivity index (χ0n) is 14.3. The lowest BCUT2D eigenvalue weighted by atomic mass is 9.78. The topological polar surface area (TPSA) is 27.3 Å². The fourth-order valence-electron chi connectivity index (χ4n) is 4.79. The van der Waals surface area contributed by atoms with Crippen molar-refractivity contribution in [2.45, 2.75) is 38.1 Å². The number of hydrogen-bond acceptors (Lipinski definition) is 3. The van der Waals surface area contributed by atoms with Gasteiger partial charge in [0.25, 0.3) is 0 Å². The Hall–Kier alpha value is -1.32. The van der Waals surface area contributed by atoms with Gasteiger partial charge in [-0.25, -0.2) is 0 Å². The van der Waals surface area contributed by atoms with Gasteiger partial charge >= 0.3 is 0 Å². The smallest absolute Gasteiger partial charge is 0.0367 e. The first-order valence-corrected chi connectivity index (χ1v) is 9.16. The number of benzene rings is 1. The zero-order chi connectivity index (χ0) is 15.9. The zero-order valence-corrected chi connectivity index (χ0v) is 14.3. The molecule has 2 N–H and O–H groups in total. The Balaban J connectivity index is 1.52. The van der Waals surface area contributed by atoms with Gasteiger partial charge in [0.15, 0.2) is 0 Å². The molecule has 0 bridgehead atoms. The molecule has 4 rings (SSSR count). The number of likely N-dealkylation sites (tertiary alicyclic amines) is 1. The summed E-state index contributed by atoms with van der Waals surface area (Å²) in [5, 5.41) is 6.96. The molecular formula is C20H29N3. The SMILES string of the molecule is C=C(c1ccc2c(c1)C(NC)CC2)N1CCC2(CCNCC2)C1. The molecule has 0 saturated carbocycles. The first-order chi connectivity index (χ1) is 11.2. The van der Waals surface area contributed by atoms with E-state index in [1.165, 1.54) is 80.7 Å². The van der Waals surface area contributed by atoms with Gasteiger partial charge in [0.1, 0.15) is 0 Å². The predicted molar refractivity (Wildman–Crippen MR) is 96.3 cm³/mol. The van der Waals surface area contributed by atoms with Crippen molar-refractivity contribution in [2.75, 3.05) is 33.2 Å². The minimum absolute atomic E-state index is 0.520. The van der Waals surface area contributed by atoms with Crippen molar-refractivity contribution in [3.05, 3.63) is 41.5 Å². The molecule has 124 valence electrons. The van der Waals surface area contributed by atoms with Crippen LogP contribution in [0.1, 0.15) is 48.4 Å². The second-order valence-corrected chi connectivity index (χ2v) is 7.66. The van der Waals surface area contributed by atoms with Gasteiger partial charge in [-0.3, -0.25) is 0 Å². The summed E-state index contributed by atoms with van der Waals surface area (Å²) in [6.45, 7) is 9.18. The Morgan fingerprint density at radius 3 is 2.91 bits per heavy atom. The van der Waals surface area contributed by atoms with Crippen LogP contribution in [-0.2, 0) is 6.42 Å². The molecule has 1 atom stereocenters. The molecule has 3 nitrogen and oxygen atoms in total. The fraction of sp³-hybridized carbons (Fsp3) is 0.600. The van der Waals surface area contributed by atoms with Gasteiger partial charge in [0, 0.05) is 24.8 Å². The molecule has 1 aromatic carbocycles. The van der Waals surface area contributed by atoms with E-state index >= 15 is 0 Å². The lowest BCUT2D eigenvalue weighted by molar-refractivity contribution is 0.215. The molecular weight excluding hydrogens is 282 g/mol. The molecule has 3 heteroatoms. The van der Waals surface area contributed by atoms with Crippen LogP contribution in [0.25, 0.3) is 5.70 Å². The van der Waals surface area contributed by atoms with Crippen molar-refractivity contribution in [3.8, 4) is 0 Å². The van der Waals surface area contributed by atoms with Gasteiger partial charge in [-0.2, -0.15) is 0 Å². The van der Waals surface area contributed by atoms with Crippen LogP contribution in [0.15, 0.2) is 24.8 Å². The Morgan fingerprint density at radius 2 is 2.13 bits per heavy atom. The van der Waals surface area contributed by atoms with Crippen LogP contribution in [0.3, 0.4) is 0 Å². The summed E-state index contributed by atoms with van der Waals surface area (Å²) in [6.07, 6.45) is 6.40. The monoisotopic (exact) mass is 311 g/mol. The van der Waals surface area contributed by atoms with E-state index in [1.807, 2.05) is 0 Å². The molecule has 2 aliphatic heterocycles. The summed E-state index contributed by atoms with van der Waals surface area (Å²) < 4.78 is 0. The minimum Gasteiger partial charge on any atom is -0.371 e. The van der Waals surface area contributed by atoms with Gasteiger partial charge in [-0.05, 0) is 80.4 Å². The van der Waals surface area contributed by atoms with Crippen molar-refractivity contribution in [2.24, 2.45) is 5.41 Å². The lowest BCUT2D eigenvalue weighted by Crippen LogP contribution is -2.38. The number of hydrogen-bond donors (Lipinski definition) is 2. The number of piperidine rings is 1. The molecule has 2 heterocycles. The number of nitrogens with zero attached hydrogens (tertiary/aromatic N) is 1. The van der Waals surface area contributed by atoms with Gasteiger partial charge in [-0.15, -0.1) is 0 Å². The number of nitrogens with one attached hydrogen (secondary N) is 2. The average Bonchev–Trinajstić information content (AvgIpc) is 3.18. The van der Waals surface area contributed by atoms with E-state index in [-0.39, 0.29) is 0 Å². The first-order valence-electron chi connectivity index (χ1n) is 9.16. The highest BCUT2D eigenvalue weighted by molar-refractivity contribution is 5.64. The molecule has 1 aliphatic carbocycles. The summed E-state index contributed by atoms with van der Waals surface area (Å²) in [7, 11) is 2.07. The number of aryl methyl sites for hydroxylation is 1. The van der Waals surface area contributed by atoms with E-state index in [2.05, 4.69) is 47.4 Å². The van der Waals surface area contributed by atoms with E-state index in [4.69, 9.17) is 0 Å². The van der Waals surface area contributed by atoms with Crippen LogP contribution in [0.5, 0.6) is 0 Å². The minimum atomic E-state index is 0.520. The van der Waals surface area contributed by atoms with Crippen LogP contribution in [0.2, 0.25) is 0 Å². The predicted octanol–water partition coefficient (Wildman–Crippen LogP) is 2.94. The second-order valence-electron chi connectivity index (χ2n) is 7.66. The third-order valence-corrected chi connectivity index (χ3v) is 6.39. The third-order valence-electron chi connectivity index (χ3n) is 6.39. The highest BCUT2D eigenvalue weighted by Crippen LogP contribution is 2.41. The molecule has 1 spiro atoms. The van der Waals surface area contributed by atoms with Crippen LogP contribution in [0.4, 0.5) is 0 Å². The summed E-state index contributed by atoms with van der Waals surface area (Å²) in [4.78, 5) is 2.54. The molecule has 0 aromatic heterocycles. The van der Waals surface area contributed by atoms with E-state index in [0.717, 1.165) is 0 Å². The van der Waals surface area contributed by atoms with Crippen LogP contribution in [0, 0.1) is 5.41 Å². The van der Waals surface area contributed by atoms with E-state index in [0.29, 0.717) is 11.5 Å². The third kappa shape index (κ3) is 2.70. The van der Waals surface area contributed by atoms with Crippen molar-refractivity contribution < 1.29 is 0 Å². The highest BCUT2D eigenvalue weighted by Gasteiger charge is 2.39. The number of rotatable bonds is 3. The Morgan fingerprint density at radius 1 is 1.30 bits per heavy atom. The Labute approximate surface area is 140 Å². The second kappa shape index (κ2) is 5.95. The van der Waals surface area contributed by atoms with Crippen molar-refractivity contribution in [3.63, 3.8) is 0 Å². The molecule has 1 aromatic rings.